The highest BCUT2D eigenvalue weighted by molar-refractivity contribution is 6.17. The van der Waals surface area contributed by atoms with Crippen molar-refractivity contribution in [2.24, 2.45) is 0 Å². The molecule has 0 aromatic carbocycles. The van der Waals surface area contributed by atoms with Crippen LogP contribution in [-0.2, 0) is 99.7 Å². The lowest BCUT2D eigenvalue weighted by atomic mass is 10.1. The van der Waals surface area contributed by atoms with Crippen LogP contribution in [0, 0.1) is 0 Å². The van der Waals surface area contributed by atoms with E-state index >= 15 is 0 Å². The third kappa shape index (κ3) is 34.2. The van der Waals surface area contributed by atoms with E-state index in [2.05, 4.69) is 157 Å². The number of hydrogen-bond donors (Lipinski definition) is 0. The molecule has 0 radical (unpaired) electrons. The van der Waals surface area contributed by atoms with Gasteiger partial charge in [-0.15, -0.1) is 11.6 Å². The van der Waals surface area contributed by atoms with Gasteiger partial charge in [0.05, 0.1) is 0 Å². The van der Waals surface area contributed by atoms with Gasteiger partial charge in [-0.05, 0) is 164 Å². The topological polar surface area (TPSA) is 87.7 Å². The average molecular weight is 1190 g/mol. The molecule has 0 aliphatic carbocycles. The van der Waals surface area contributed by atoms with Gasteiger partial charge in [0, 0.05) is 188 Å². The van der Waals surface area contributed by atoms with Crippen molar-refractivity contribution in [1.82, 2.24) is 4.98 Å². The molecular formula is C72H108ClN6O6+5. The molecule has 0 amide bonds. The molecule has 0 atom stereocenters. The third-order valence-corrected chi connectivity index (χ3v) is 15.6. The number of rotatable bonds is 53. The second-order valence-electron chi connectivity index (χ2n) is 22.8. The van der Waals surface area contributed by atoms with Crippen LogP contribution in [0.15, 0.2) is 147 Å². The summed E-state index contributed by atoms with van der Waals surface area (Å²) in [6, 6.07) is 26.2. The summed E-state index contributed by atoms with van der Waals surface area (Å²) in [5, 5.41) is 0. The van der Waals surface area contributed by atoms with Crippen molar-refractivity contribution in [1.29, 1.82) is 0 Å². The van der Waals surface area contributed by atoms with Crippen molar-refractivity contribution in [3.8, 4) is 0 Å². The Labute approximate surface area is 517 Å². The molecule has 0 fully saturated rings. The van der Waals surface area contributed by atoms with E-state index in [4.69, 9.17) is 40.0 Å². The van der Waals surface area contributed by atoms with E-state index in [0.717, 1.165) is 272 Å². The largest absolute Gasteiger partial charge is 0.381 e. The van der Waals surface area contributed by atoms with Crippen molar-refractivity contribution in [3.63, 3.8) is 0 Å². The molecule has 6 heterocycles. The standard InChI is InChI=1S/C72H108ClN6O6/c73-37-1-7-49-80-56-20-32-68-26-14-44-76(62-68)40-3-9-51-82-58-22-34-70-28-16-46-78(64-70)42-5-11-53-84-60-24-36-72-30-18-48-79(66-72)43-6-12-54-85-59-23-35-71-29-17-47-77(65-71)41-4-10-52-83-57-21-33-69-27-15-45-75(63-69)39-2-8-50-81-55-19-31-67-25-13-38-74-61-67/h13-18,25-30,38,44-48,61-66H,1-12,19-24,31-37,39-43,49-60H2/q+5. The van der Waals surface area contributed by atoms with Crippen LogP contribution in [0.5, 0.6) is 0 Å². The fourth-order valence-corrected chi connectivity index (χ4v) is 10.7. The number of unbranched alkanes of at least 4 members (excludes halogenated alkanes) is 6. The van der Waals surface area contributed by atoms with Crippen molar-refractivity contribution >= 4 is 11.6 Å². The molecule has 6 aromatic heterocycles. The van der Waals surface area contributed by atoms with Crippen molar-refractivity contribution in [3.05, 3.63) is 181 Å². The van der Waals surface area contributed by atoms with Gasteiger partial charge in [0.2, 0.25) is 0 Å². The number of ether oxygens (including phenoxy) is 6. The zero-order valence-electron chi connectivity index (χ0n) is 52.1. The van der Waals surface area contributed by atoms with Gasteiger partial charge in [0.15, 0.2) is 62.0 Å². The van der Waals surface area contributed by atoms with Crippen molar-refractivity contribution in [2.75, 3.05) is 85.2 Å². The number of pyridine rings is 6. The summed E-state index contributed by atoms with van der Waals surface area (Å²) in [4.78, 5) is 4.19. The van der Waals surface area contributed by atoms with Crippen LogP contribution in [0.1, 0.15) is 149 Å². The van der Waals surface area contributed by atoms with Gasteiger partial charge in [-0.2, -0.15) is 0 Å². The van der Waals surface area contributed by atoms with Gasteiger partial charge in [-0.25, -0.2) is 22.8 Å². The van der Waals surface area contributed by atoms with Crippen LogP contribution < -0.4 is 22.8 Å². The molecule has 13 heteroatoms. The van der Waals surface area contributed by atoms with Crippen LogP contribution in [-0.4, -0.2) is 90.1 Å². The Hall–Kier alpha value is -5.05. The first-order valence-corrected chi connectivity index (χ1v) is 33.5. The summed E-state index contributed by atoms with van der Waals surface area (Å²) < 4.78 is 47.4. The van der Waals surface area contributed by atoms with Gasteiger partial charge in [0.1, 0.15) is 32.7 Å². The minimum absolute atomic E-state index is 0.719. The molecule has 0 saturated heterocycles. The number of hydrogen-bond acceptors (Lipinski definition) is 7. The molecule has 0 aliphatic rings. The van der Waals surface area contributed by atoms with Crippen LogP contribution in [0.25, 0.3) is 0 Å². The number of alkyl halides is 1. The lowest BCUT2D eigenvalue weighted by Crippen LogP contribution is -2.33. The number of aryl methyl sites for hydroxylation is 11. The molecular weight excluding hydrogens is 1080 g/mol. The zero-order valence-corrected chi connectivity index (χ0v) is 52.8. The molecule has 12 nitrogen and oxygen atoms in total. The van der Waals surface area contributed by atoms with E-state index < -0.39 is 0 Å². The van der Waals surface area contributed by atoms with E-state index in [1.165, 1.54) is 33.4 Å². The molecule has 0 N–H and O–H groups in total. The highest BCUT2D eigenvalue weighted by Crippen LogP contribution is 2.08. The molecule has 6 rings (SSSR count). The predicted molar refractivity (Wildman–Crippen MR) is 338 cm³/mol. The van der Waals surface area contributed by atoms with Crippen LogP contribution in [0.4, 0.5) is 0 Å². The van der Waals surface area contributed by atoms with Gasteiger partial charge in [0.25, 0.3) is 0 Å². The third-order valence-electron chi connectivity index (χ3n) is 15.3. The molecule has 6 aromatic rings. The van der Waals surface area contributed by atoms with Crippen LogP contribution in [0.3, 0.4) is 0 Å². The Morgan fingerprint density at radius 3 is 0.753 bits per heavy atom. The average Bonchev–Trinajstić information content (AvgIpc) is 3.53. The number of aromatic nitrogens is 6. The summed E-state index contributed by atoms with van der Waals surface area (Å²) in [5.41, 5.74) is 8.17. The Kier molecular flexibility index (Phi) is 38.2. The number of nitrogens with zero attached hydrogens (tertiary/aromatic N) is 6. The normalized spacial score (nSPS) is 11.5. The van der Waals surface area contributed by atoms with Gasteiger partial charge in [-0.3, -0.25) is 4.98 Å². The van der Waals surface area contributed by atoms with Crippen molar-refractivity contribution in [2.45, 2.75) is 187 Å². The predicted octanol–water partition coefficient (Wildman–Crippen LogP) is 11.6. The number of halogens is 1. The van der Waals surface area contributed by atoms with Gasteiger partial charge >= 0.3 is 0 Å². The van der Waals surface area contributed by atoms with E-state index in [1.54, 1.807) is 0 Å². The fraction of sp³-hybridized carbons (Fsp3) is 0.583. The maximum Gasteiger partial charge on any atom is 0.171 e. The molecule has 85 heavy (non-hydrogen) atoms. The molecule has 0 unspecified atom stereocenters. The first-order valence-electron chi connectivity index (χ1n) is 33.0. The summed E-state index contributed by atoms with van der Waals surface area (Å²) in [6.45, 7) is 14.9. The van der Waals surface area contributed by atoms with Crippen LogP contribution in [0.2, 0.25) is 0 Å². The van der Waals surface area contributed by atoms with E-state index in [1.807, 2.05) is 18.5 Å². The first kappa shape index (κ1) is 69.1. The Morgan fingerprint density at radius 2 is 0.506 bits per heavy atom. The van der Waals surface area contributed by atoms with E-state index in [9.17, 15) is 0 Å². The smallest absolute Gasteiger partial charge is 0.171 e. The first-order chi connectivity index (χ1) is 42.2. The second-order valence-corrected chi connectivity index (χ2v) is 23.2. The lowest BCUT2D eigenvalue weighted by molar-refractivity contribution is -0.698. The summed E-state index contributed by atoms with van der Waals surface area (Å²) in [7, 11) is 0. The Bertz CT molecular complexity index is 2580. The zero-order chi connectivity index (χ0) is 59.0. The molecule has 0 aliphatic heterocycles. The molecule has 0 bridgehead atoms. The summed E-state index contributed by atoms with van der Waals surface area (Å²) >= 11 is 5.74. The Morgan fingerprint density at radius 1 is 0.271 bits per heavy atom. The van der Waals surface area contributed by atoms with Crippen LogP contribution >= 0.6 is 11.6 Å². The summed E-state index contributed by atoms with van der Waals surface area (Å²) in [5.74, 6) is 0.719. The van der Waals surface area contributed by atoms with Gasteiger partial charge in [-0.1, -0.05) is 6.07 Å². The molecule has 464 valence electrons. The SMILES string of the molecule is ClCCCCOCCCc1ccc[n+](CCCCOCCCc2ccc[n+](CCCCOCCCc3ccc[n+](CCCCOCCCc4ccc[n+](CCCCOCCCc5ccc[n+](CCCCOCCCc6cccnc6)c5)c4)c3)c2)c1. The van der Waals surface area contributed by atoms with Crippen molar-refractivity contribution < 1.29 is 51.3 Å². The quantitative estimate of drug-likeness (QED) is 0.0214. The molecule has 0 saturated carbocycles. The minimum atomic E-state index is 0.719. The van der Waals surface area contributed by atoms with Gasteiger partial charge < -0.3 is 28.4 Å². The van der Waals surface area contributed by atoms with E-state index in [-0.39, 0.29) is 0 Å². The Balaban J connectivity index is 0.675. The van der Waals surface area contributed by atoms with E-state index in [0.29, 0.717) is 0 Å². The maximum atomic E-state index is 6.06. The highest BCUT2D eigenvalue weighted by Gasteiger charge is 2.10. The molecule has 0 spiro atoms. The second kappa shape index (κ2) is 47.1. The highest BCUT2D eigenvalue weighted by atomic mass is 35.5. The maximum absolute atomic E-state index is 6.06. The lowest BCUT2D eigenvalue weighted by Gasteiger charge is -2.06. The minimum Gasteiger partial charge on any atom is -0.381 e. The monoisotopic (exact) mass is 1190 g/mol. The fourth-order valence-electron chi connectivity index (χ4n) is 10.5. The summed E-state index contributed by atoms with van der Waals surface area (Å²) in [6.07, 6.45) is 51.8.